The first kappa shape index (κ1) is 22.3. The predicted molar refractivity (Wildman–Crippen MR) is 131 cm³/mol. The Kier molecular flexibility index (Phi) is 7.16. The number of aromatic nitrogens is 3. The average Bonchev–Trinajstić information content (AvgIpc) is 3.27. The van der Waals surface area contributed by atoms with E-state index in [-0.39, 0.29) is 11.7 Å². The number of thioether (sulfide) groups is 1. The minimum absolute atomic E-state index is 0.147. The summed E-state index contributed by atoms with van der Waals surface area (Å²) in [6, 6.07) is 25.3. The van der Waals surface area contributed by atoms with E-state index in [0.29, 0.717) is 11.0 Å². The second-order valence-corrected chi connectivity index (χ2v) is 8.14. The third-order valence-corrected chi connectivity index (χ3v) is 5.70. The Morgan fingerprint density at radius 1 is 1.06 bits per heavy atom. The van der Waals surface area contributed by atoms with Crippen molar-refractivity contribution in [3.63, 3.8) is 0 Å². The number of hydrazone groups is 1. The van der Waals surface area contributed by atoms with Gasteiger partial charge in [-0.1, -0.05) is 71.9 Å². The normalized spacial score (nSPS) is 11.0. The maximum Gasteiger partial charge on any atom is 0.250 e. The van der Waals surface area contributed by atoms with Crippen molar-refractivity contribution in [2.75, 3.05) is 12.9 Å². The molecule has 4 rings (SSSR count). The van der Waals surface area contributed by atoms with Crippen LogP contribution in [0.2, 0.25) is 0 Å². The van der Waals surface area contributed by atoms with Crippen molar-refractivity contribution in [1.29, 1.82) is 0 Å². The molecule has 8 heteroatoms. The first-order chi connectivity index (χ1) is 16.1. The molecule has 0 saturated carbocycles. The molecular formula is C25H23N5O2S. The molecule has 4 aromatic rings. The van der Waals surface area contributed by atoms with Gasteiger partial charge in [0.2, 0.25) is 0 Å². The lowest BCUT2D eigenvalue weighted by molar-refractivity contribution is -0.118. The SMILES string of the molecule is COc1ccc(-n2c(SCC(=O)NN=Cc3cccc(C)c3)nnc2-c2ccccc2)cc1. The van der Waals surface area contributed by atoms with Crippen molar-refractivity contribution in [3.05, 3.63) is 90.0 Å². The van der Waals surface area contributed by atoms with Crippen LogP contribution in [0.25, 0.3) is 17.1 Å². The lowest BCUT2D eigenvalue weighted by Crippen LogP contribution is -2.20. The molecule has 33 heavy (non-hydrogen) atoms. The zero-order valence-electron chi connectivity index (χ0n) is 18.3. The fraction of sp³-hybridized carbons (Fsp3) is 0.120. The summed E-state index contributed by atoms with van der Waals surface area (Å²) in [7, 11) is 1.63. The third kappa shape index (κ3) is 5.67. The molecule has 1 aromatic heterocycles. The number of ether oxygens (including phenoxy) is 1. The number of benzene rings is 3. The van der Waals surface area contributed by atoms with Gasteiger partial charge in [-0.25, -0.2) is 5.43 Å². The summed E-state index contributed by atoms with van der Waals surface area (Å²) in [5, 5.41) is 13.4. The fourth-order valence-corrected chi connectivity index (χ4v) is 3.94. The zero-order chi connectivity index (χ0) is 23.0. The van der Waals surface area contributed by atoms with Crippen LogP contribution in [0.15, 0.2) is 89.1 Å². The lowest BCUT2D eigenvalue weighted by Gasteiger charge is -2.11. The number of rotatable bonds is 8. The summed E-state index contributed by atoms with van der Waals surface area (Å²) in [6.07, 6.45) is 1.63. The molecule has 0 aliphatic heterocycles. The quantitative estimate of drug-likeness (QED) is 0.239. The van der Waals surface area contributed by atoms with E-state index in [2.05, 4.69) is 20.7 Å². The maximum absolute atomic E-state index is 12.4. The number of hydrogen-bond donors (Lipinski definition) is 1. The van der Waals surface area contributed by atoms with E-state index < -0.39 is 0 Å². The van der Waals surface area contributed by atoms with Crippen molar-refractivity contribution in [2.24, 2.45) is 5.10 Å². The molecule has 1 heterocycles. The number of aryl methyl sites for hydroxylation is 1. The smallest absolute Gasteiger partial charge is 0.250 e. The Morgan fingerprint density at radius 2 is 1.85 bits per heavy atom. The van der Waals surface area contributed by atoms with Gasteiger partial charge >= 0.3 is 0 Å². The van der Waals surface area contributed by atoms with Crippen LogP contribution in [0.3, 0.4) is 0 Å². The molecule has 0 saturated heterocycles. The van der Waals surface area contributed by atoms with Gasteiger partial charge in [-0.05, 0) is 36.8 Å². The Morgan fingerprint density at radius 3 is 2.58 bits per heavy atom. The van der Waals surface area contributed by atoms with E-state index in [1.165, 1.54) is 11.8 Å². The van der Waals surface area contributed by atoms with Crippen LogP contribution in [0.4, 0.5) is 0 Å². The van der Waals surface area contributed by atoms with E-state index in [4.69, 9.17) is 4.74 Å². The van der Waals surface area contributed by atoms with Crippen LogP contribution >= 0.6 is 11.8 Å². The van der Waals surface area contributed by atoms with E-state index in [0.717, 1.165) is 28.1 Å². The van der Waals surface area contributed by atoms with Gasteiger partial charge in [0.1, 0.15) is 5.75 Å². The van der Waals surface area contributed by atoms with Crippen molar-refractivity contribution in [2.45, 2.75) is 12.1 Å². The van der Waals surface area contributed by atoms with E-state index in [9.17, 15) is 4.79 Å². The first-order valence-corrected chi connectivity index (χ1v) is 11.3. The van der Waals surface area contributed by atoms with Gasteiger partial charge in [-0.3, -0.25) is 9.36 Å². The molecule has 0 radical (unpaired) electrons. The number of amides is 1. The molecule has 0 bridgehead atoms. The van der Waals surface area contributed by atoms with Gasteiger partial charge < -0.3 is 4.74 Å². The Labute approximate surface area is 196 Å². The lowest BCUT2D eigenvalue weighted by atomic mass is 10.2. The van der Waals surface area contributed by atoms with Crippen molar-refractivity contribution >= 4 is 23.9 Å². The molecular weight excluding hydrogens is 434 g/mol. The first-order valence-electron chi connectivity index (χ1n) is 10.3. The van der Waals surface area contributed by atoms with E-state index in [1.807, 2.05) is 90.4 Å². The molecule has 0 fully saturated rings. The van der Waals surface area contributed by atoms with Crippen molar-refractivity contribution in [1.82, 2.24) is 20.2 Å². The summed E-state index contributed by atoms with van der Waals surface area (Å²) in [6.45, 7) is 2.01. The Bertz CT molecular complexity index is 1250. The molecule has 166 valence electrons. The average molecular weight is 458 g/mol. The number of carbonyl (C=O) groups excluding carboxylic acids is 1. The maximum atomic E-state index is 12.4. The van der Waals surface area contributed by atoms with Gasteiger partial charge in [0, 0.05) is 11.3 Å². The van der Waals surface area contributed by atoms with Gasteiger partial charge in [0.15, 0.2) is 11.0 Å². The number of nitrogens with one attached hydrogen (secondary N) is 1. The molecule has 0 atom stereocenters. The third-order valence-electron chi connectivity index (χ3n) is 4.77. The Balaban J connectivity index is 1.51. The standard InChI is InChI=1S/C25H23N5O2S/c1-18-7-6-8-19(15-18)16-26-27-23(31)17-33-25-29-28-24(20-9-4-3-5-10-20)30(25)21-11-13-22(32-2)14-12-21/h3-16H,17H2,1-2H3,(H,27,31). The van der Waals surface area contributed by atoms with Crippen LogP contribution < -0.4 is 10.2 Å². The number of carbonyl (C=O) groups is 1. The Hall–Kier alpha value is -3.91. The number of methoxy groups -OCH3 is 1. The summed E-state index contributed by atoms with van der Waals surface area (Å²) >= 11 is 1.30. The second kappa shape index (κ2) is 10.6. The van der Waals surface area contributed by atoms with Crippen LogP contribution in [-0.2, 0) is 4.79 Å². The number of hydrogen-bond acceptors (Lipinski definition) is 6. The topological polar surface area (TPSA) is 81.4 Å². The van der Waals surface area contributed by atoms with Gasteiger partial charge in [0.05, 0.1) is 19.1 Å². The largest absolute Gasteiger partial charge is 0.497 e. The minimum atomic E-state index is -0.227. The van der Waals surface area contributed by atoms with Crippen LogP contribution in [-0.4, -0.2) is 39.7 Å². The highest BCUT2D eigenvalue weighted by Gasteiger charge is 2.17. The van der Waals surface area contributed by atoms with Crippen molar-refractivity contribution in [3.8, 4) is 22.8 Å². The molecule has 1 N–H and O–H groups in total. The number of nitrogens with zero attached hydrogens (tertiary/aromatic N) is 4. The minimum Gasteiger partial charge on any atom is -0.497 e. The van der Waals surface area contributed by atoms with E-state index >= 15 is 0 Å². The van der Waals surface area contributed by atoms with Gasteiger partial charge in [-0.2, -0.15) is 5.10 Å². The highest BCUT2D eigenvalue weighted by molar-refractivity contribution is 7.99. The highest BCUT2D eigenvalue weighted by atomic mass is 32.2. The summed E-state index contributed by atoms with van der Waals surface area (Å²) in [5.41, 5.74) is 6.43. The van der Waals surface area contributed by atoms with Crippen LogP contribution in [0.1, 0.15) is 11.1 Å². The molecule has 0 unspecified atom stereocenters. The highest BCUT2D eigenvalue weighted by Crippen LogP contribution is 2.28. The summed E-state index contributed by atoms with van der Waals surface area (Å²) in [5.74, 6) is 1.37. The predicted octanol–water partition coefficient (Wildman–Crippen LogP) is 4.49. The van der Waals surface area contributed by atoms with Crippen LogP contribution in [0.5, 0.6) is 5.75 Å². The molecule has 3 aromatic carbocycles. The molecule has 0 spiro atoms. The van der Waals surface area contributed by atoms with E-state index in [1.54, 1.807) is 13.3 Å². The monoisotopic (exact) mass is 457 g/mol. The van der Waals surface area contributed by atoms with Crippen molar-refractivity contribution < 1.29 is 9.53 Å². The zero-order valence-corrected chi connectivity index (χ0v) is 19.1. The summed E-state index contributed by atoms with van der Waals surface area (Å²) in [4.78, 5) is 12.4. The van der Waals surface area contributed by atoms with Gasteiger partial charge in [0.25, 0.3) is 5.91 Å². The molecule has 0 aliphatic rings. The second-order valence-electron chi connectivity index (χ2n) is 7.20. The molecule has 7 nitrogen and oxygen atoms in total. The molecule has 1 amide bonds. The van der Waals surface area contributed by atoms with Gasteiger partial charge in [-0.15, -0.1) is 10.2 Å². The molecule has 0 aliphatic carbocycles. The van der Waals surface area contributed by atoms with Crippen LogP contribution in [0, 0.1) is 6.92 Å². The fourth-order valence-electron chi connectivity index (χ4n) is 3.19. The summed E-state index contributed by atoms with van der Waals surface area (Å²) < 4.78 is 7.21.